The molecule has 2 aliphatic rings. The number of benzene rings is 3. The van der Waals surface area contributed by atoms with E-state index in [4.69, 9.17) is 0 Å². The second-order valence-electron chi connectivity index (χ2n) is 8.69. The molecule has 1 fully saturated rings. The van der Waals surface area contributed by atoms with Crippen LogP contribution in [0.1, 0.15) is 23.1 Å². The van der Waals surface area contributed by atoms with Crippen LogP contribution in [-0.4, -0.2) is 43.3 Å². The highest BCUT2D eigenvalue weighted by molar-refractivity contribution is 7.89. The first kappa shape index (κ1) is 20.4. The Morgan fingerprint density at radius 1 is 0.806 bits per heavy atom. The fourth-order valence-electron chi connectivity index (χ4n) is 4.77. The summed E-state index contributed by atoms with van der Waals surface area (Å²) in [5.74, 6) is 0. The highest BCUT2D eigenvalue weighted by Crippen LogP contribution is 2.29. The van der Waals surface area contributed by atoms with Crippen molar-refractivity contribution >= 4 is 10.0 Å². The van der Waals surface area contributed by atoms with Crippen molar-refractivity contribution < 1.29 is 8.42 Å². The van der Waals surface area contributed by atoms with E-state index in [-0.39, 0.29) is 6.04 Å². The minimum Gasteiger partial charge on any atom is -0.294 e. The molecule has 5 rings (SSSR count). The first-order chi connectivity index (χ1) is 15.0. The van der Waals surface area contributed by atoms with Gasteiger partial charge in [0.05, 0.1) is 4.90 Å². The van der Waals surface area contributed by atoms with E-state index < -0.39 is 10.0 Å². The third kappa shape index (κ3) is 4.05. The quantitative estimate of drug-likeness (QED) is 0.610. The molecule has 3 aromatic carbocycles. The molecule has 0 bridgehead atoms. The van der Waals surface area contributed by atoms with E-state index in [2.05, 4.69) is 60.4 Å². The maximum absolute atomic E-state index is 13.3. The topological polar surface area (TPSA) is 40.6 Å². The number of nitrogens with zero attached hydrogens (tertiary/aromatic N) is 2. The van der Waals surface area contributed by atoms with Crippen LogP contribution in [0.4, 0.5) is 0 Å². The zero-order chi connectivity index (χ0) is 21.4. The lowest BCUT2D eigenvalue weighted by atomic mass is 9.98. The molecular weight excluding hydrogens is 404 g/mol. The van der Waals surface area contributed by atoms with Gasteiger partial charge in [0.1, 0.15) is 0 Å². The highest BCUT2D eigenvalue weighted by Gasteiger charge is 2.36. The first-order valence-corrected chi connectivity index (χ1v) is 12.4. The van der Waals surface area contributed by atoms with Gasteiger partial charge >= 0.3 is 0 Å². The van der Waals surface area contributed by atoms with Crippen LogP contribution in [0.15, 0.2) is 77.7 Å². The summed E-state index contributed by atoms with van der Waals surface area (Å²) in [6, 6.07) is 24.5. The van der Waals surface area contributed by atoms with Crippen molar-refractivity contribution in [1.29, 1.82) is 0 Å². The number of fused-ring (bicyclic) bond motifs is 1. The van der Waals surface area contributed by atoms with Crippen LogP contribution in [0, 0.1) is 6.92 Å². The second kappa shape index (κ2) is 8.23. The van der Waals surface area contributed by atoms with Crippen LogP contribution in [0.25, 0.3) is 11.1 Å². The molecule has 2 heterocycles. The van der Waals surface area contributed by atoms with E-state index in [1.54, 1.807) is 16.4 Å². The van der Waals surface area contributed by atoms with Crippen LogP contribution in [0.5, 0.6) is 0 Å². The van der Waals surface area contributed by atoms with Crippen LogP contribution in [0.2, 0.25) is 0 Å². The van der Waals surface area contributed by atoms with Crippen molar-refractivity contribution in [1.82, 2.24) is 9.21 Å². The fraction of sp³-hybridized carbons (Fsp3) is 0.308. The van der Waals surface area contributed by atoms with E-state index >= 15 is 0 Å². The van der Waals surface area contributed by atoms with E-state index in [1.807, 2.05) is 12.1 Å². The fourth-order valence-corrected chi connectivity index (χ4v) is 6.26. The summed E-state index contributed by atoms with van der Waals surface area (Å²) in [6.07, 6.45) is 1.93. The van der Waals surface area contributed by atoms with Crippen LogP contribution >= 0.6 is 0 Å². The number of rotatable bonds is 4. The summed E-state index contributed by atoms with van der Waals surface area (Å²) in [6.45, 7) is 5.14. The minimum absolute atomic E-state index is 0.287. The molecule has 2 aliphatic heterocycles. The first-order valence-electron chi connectivity index (χ1n) is 11.0. The Labute approximate surface area is 185 Å². The molecule has 160 valence electrons. The van der Waals surface area contributed by atoms with Crippen LogP contribution < -0.4 is 0 Å². The van der Waals surface area contributed by atoms with Gasteiger partial charge in [-0.2, -0.15) is 4.31 Å². The standard InChI is InChI=1S/C26H28N2O2S/c1-20-6-8-22(9-7-20)23-10-12-26(13-11-23)31(29,30)28-17-15-25(19-28)27-16-14-21-4-2-3-5-24(21)18-27/h2-13,25H,14-19H2,1H3. The Kier molecular flexibility index (Phi) is 5.42. The Balaban J connectivity index is 1.29. The molecule has 0 N–H and O–H groups in total. The third-order valence-corrected chi connectivity index (χ3v) is 8.56. The molecule has 0 radical (unpaired) electrons. The van der Waals surface area contributed by atoms with E-state index in [1.165, 1.54) is 16.7 Å². The summed E-state index contributed by atoms with van der Waals surface area (Å²) in [7, 11) is -3.47. The van der Waals surface area contributed by atoms with Crippen molar-refractivity contribution in [3.8, 4) is 11.1 Å². The highest BCUT2D eigenvalue weighted by atomic mass is 32.2. The number of hydrogen-bond donors (Lipinski definition) is 0. The van der Waals surface area contributed by atoms with Gasteiger partial charge in [0, 0.05) is 32.2 Å². The zero-order valence-corrected chi connectivity index (χ0v) is 18.7. The molecule has 31 heavy (non-hydrogen) atoms. The number of aryl methyl sites for hydroxylation is 1. The maximum Gasteiger partial charge on any atom is 0.243 e. The van der Waals surface area contributed by atoms with Gasteiger partial charge in [-0.25, -0.2) is 8.42 Å². The SMILES string of the molecule is Cc1ccc(-c2ccc(S(=O)(=O)N3CCC(N4CCc5ccccc5C4)C3)cc2)cc1. The zero-order valence-electron chi connectivity index (χ0n) is 17.9. The van der Waals surface area contributed by atoms with Gasteiger partial charge in [-0.3, -0.25) is 4.90 Å². The van der Waals surface area contributed by atoms with Gasteiger partial charge in [0.25, 0.3) is 0 Å². The number of sulfonamides is 1. The smallest absolute Gasteiger partial charge is 0.243 e. The molecule has 0 amide bonds. The largest absolute Gasteiger partial charge is 0.294 e. The predicted molar refractivity (Wildman–Crippen MR) is 124 cm³/mol. The summed E-state index contributed by atoms with van der Waals surface area (Å²) in [4.78, 5) is 2.84. The molecule has 1 unspecified atom stereocenters. The van der Waals surface area contributed by atoms with Gasteiger partial charge in [0.15, 0.2) is 0 Å². The summed E-state index contributed by atoms with van der Waals surface area (Å²) >= 11 is 0. The molecule has 0 saturated carbocycles. The molecule has 5 heteroatoms. The van der Waals surface area contributed by atoms with E-state index in [0.29, 0.717) is 18.0 Å². The Hall–Kier alpha value is -2.47. The summed E-state index contributed by atoms with van der Waals surface area (Å²) in [5, 5.41) is 0. The van der Waals surface area contributed by atoms with Gasteiger partial charge in [-0.05, 0) is 54.2 Å². The molecule has 0 spiro atoms. The average Bonchev–Trinajstić information content (AvgIpc) is 3.31. The van der Waals surface area contributed by atoms with Crippen LogP contribution in [0.3, 0.4) is 0 Å². The molecular formula is C26H28N2O2S. The summed E-state index contributed by atoms with van der Waals surface area (Å²) in [5.41, 5.74) is 6.15. The van der Waals surface area contributed by atoms with Crippen molar-refractivity contribution in [2.24, 2.45) is 0 Å². The maximum atomic E-state index is 13.3. The lowest BCUT2D eigenvalue weighted by Crippen LogP contribution is -2.41. The molecule has 4 nitrogen and oxygen atoms in total. The lowest BCUT2D eigenvalue weighted by Gasteiger charge is -2.33. The minimum atomic E-state index is -3.47. The lowest BCUT2D eigenvalue weighted by molar-refractivity contribution is 0.185. The van der Waals surface area contributed by atoms with Crippen molar-refractivity contribution in [2.75, 3.05) is 19.6 Å². The number of hydrogen-bond acceptors (Lipinski definition) is 3. The second-order valence-corrected chi connectivity index (χ2v) is 10.6. The van der Waals surface area contributed by atoms with Crippen molar-refractivity contribution in [3.63, 3.8) is 0 Å². The Morgan fingerprint density at radius 3 is 2.16 bits per heavy atom. The van der Waals surface area contributed by atoms with E-state index in [9.17, 15) is 8.42 Å². The normalized spacial score (nSPS) is 20.0. The Morgan fingerprint density at radius 2 is 1.45 bits per heavy atom. The molecule has 1 saturated heterocycles. The Bertz CT molecular complexity index is 1170. The summed E-state index contributed by atoms with van der Waals surface area (Å²) < 4.78 is 28.2. The molecule has 0 aliphatic carbocycles. The molecule has 3 aromatic rings. The van der Waals surface area contributed by atoms with Crippen molar-refractivity contribution in [2.45, 2.75) is 37.2 Å². The van der Waals surface area contributed by atoms with Gasteiger partial charge in [-0.15, -0.1) is 0 Å². The van der Waals surface area contributed by atoms with E-state index in [0.717, 1.165) is 37.1 Å². The predicted octanol–water partition coefficient (Wildman–Crippen LogP) is 4.48. The molecule has 0 aromatic heterocycles. The molecule has 1 atom stereocenters. The third-order valence-electron chi connectivity index (χ3n) is 6.68. The van der Waals surface area contributed by atoms with Crippen LogP contribution in [-0.2, 0) is 23.0 Å². The monoisotopic (exact) mass is 432 g/mol. The van der Waals surface area contributed by atoms with Crippen molar-refractivity contribution in [3.05, 3.63) is 89.5 Å². The van der Waals surface area contributed by atoms with Gasteiger partial charge in [-0.1, -0.05) is 66.2 Å². The van der Waals surface area contributed by atoms with Gasteiger partial charge in [0.2, 0.25) is 10.0 Å². The van der Waals surface area contributed by atoms with Gasteiger partial charge < -0.3 is 0 Å². The average molecular weight is 433 g/mol.